The van der Waals surface area contributed by atoms with Gasteiger partial charge in [-0.05, 0) is 48.8 Å². The maximum Gasteiger partial charge on any atom is 0.119 e. The number of hydrogen-bond acceptors (Lipinski definition) is 4. The van der Waals surface area contributed by atoms with Gasteiger partial charge in [-0.25, -0.2) is 0 Å². The predicted octanol–water partition coefficient (Wildman–Crippen LogP) is 4.32. The van der Waals surface area contributed by atoms with Gasteiger partial charge in [0, 0.05) is 13.0 Å². The van der Waals surface area contributed by atoms with Crippen LogP contribution in [0.2, 0.25) is 0 Å². The van der Waals surface area contributed by atoms with Gasteiger partial charge >= 0.3 is 0 Å². The molecule has 2 aromatic rings. The highest BCUT2D eigenvalue weighted by Gasteiger charge is 2.07. The highest BCUT2D eigenvalue weighted by atomic mass is 16.5. The molecular weight excluding hydrogens is 312 g/mol. The molecule has 0 unspecified atom stereocenters. The van der Waals surface area contributed by atoms with E-state index in [2.05, 4.69) is 46.5 Å². The fourth-order valence-corrected chi connectivity index (χ4v) is 2.47. The number of ether oxygens (including phenoxy) is 1. The Morgan fingerprint density at radius 2 is 1.56 bits per heavy atom. The van der Waals surface area contributed by atoms with Gasteiger partial charge in [-0.1, -0.05) is 55.4 Å². The van der Waals surface area contributed by atoms with Crippen LogP contribution in [0.15, 0.2) is 53.7 Å². The zero-order valence-electron chi connectivity index (χ0n) is 15.6. The summed E-state index contributed by atoms with van der Waals surface area (Å²) < 4.78 is 5.73. The molecule has 1 N–H and O–H groups in total. The van der Waals surface area contributed by atoms with E-state index in [1.54, 1.807) is 0 Å². The average molecular weight is 340 g/mol. The Morgan fingerprint density at radius 1 is 1.00 bits per heavy atom. The zero-order valence-corrected chi connectivity index (χ0v) is 15.6. The van der Waals surface area contributed by atoms with E-state index in [0.29, 0.717) is 13.0 Å². The summed E-state index contributed by atoms with van der Waals surface area (Å²) in [5, 5.41) is 12.5. The molecule has 0 spiro atoms. The Hall–Kier alpha value is -2.33. The van der Waals surface area contributed by atoms with E-state index in [-0.39, 0.29) is 5.92 Å². The minimum Gasteiger partial charge on any atom is -0.492 e. The third kappa shape index (κ3) is 5.91. The first-order chi connectivity index (χ1) is 12.0. The molecule has 0 bridgehead atoms. The monoisotopic (exact) mass is 340 g/mol. The normalized spacial score (nSPS) is 12.0. The molecule has 4 heteroatoms. The molecule has 0 saturated carbocycles. The lowest BCUT2D eigenvalue weighted by molar-refractivity contribution is 0.261. The maximum atomic E-state index is 9.08. The first kappa shape index (κ1) is 19.0. The zero-order chi connectivity index (χ0) is 18.2. The smallest absolute Gasteiger partial charge is 0.119 e. The first-order valence-electron chi connectivity index (χ1n) is 8.67. The second-order valence-electron chi connectivity index (χ2n) is 6.80. The lowest BCUT2D eigenvalue weighted by Gasteiger charge is -2.11. The predicted molar refractivity (Wildman–Crippen MR) is 104 cm³/mol. The molecule has 4 nitrogen and oxygen atoms in total. The van der Waals surface area contributed by atoms with Crippen LogP contribution in [0.25, 0.3) is 11.1 Å². The molecule has 2 rings (SSSR count). The van der Waals surface area contributed by atoms with Gasteiger partial charge in [0.25, 0.3) is 0 Å². The number of benzene rings is 2. The van der Waals surface area contributed by atoms with Crippen molar-refractivity contribution in [1.29, 1.82) is 0 Å². The Bertz CT molecular complexity index is 674. The quantitative estimate of drug-likeness (QED) is 0.442. The Morgan fingerprint density at radius 3 is 2.04 bits per heavy atom. The van der Waals surface area contributed by atoms with Crippen LogP contribution in [0.5, 0.6) is 5.75 Å². The molecule has 134 valence electrons. The summed E-state index contributed by atoms with van der Waals surface area (Å²) in [5.74, 6) is 1.13. The standard InChI is InChI=1S/C21H28N2O2/c1-16(2)21(22-24)15-17-5-7-18(8-6-17)19-9-11-20(12-10-19)25-14-13-23(3)4/h5-12,16,24H,13-15H2,1-4H3/b22-21-. The third-order valence-corrected chi connectivity index (χ3v) is 4.13. The number of hydrogen-bond donors (Lipinski definition) is 1. The van der Waals surface area contributed by atoms with Crippen LogP contribution >= 0.6 is 0 Å². The molecule has 0 aromatic heterocycles. The molecule has 0 fully saturated rings. The van der Waals surface area contributed by atoms with Crippen LogP contribution in [-0.4, -0.2) is 43.1 Å². The van der Waals surface area contributed by atoms with Crippen molar-refractivity contribution < 1.29 is 9.94 Å². The van der Waals surface area contributed by atoms with Gasteiger partial charge in [0.1, 0.15) is 12.4 Å². The summed E-state index contributed by atoms with van der Waals surface area (Å²) in [5.41, 5.74) is 4.27. The molecule has 25 heavy (non-hydrogen) atoms. The Balaban J connectivity index is 1.99. The second-order valence-corrected chi connectivity index (χ2v) is 6.80. The van der Waals surface area contributed by atoms with Crippen molar-refractivity contribution in [1.82, 2.24) is 4.90 Å². The van der Waals surface area contributed by atoms with E-state index >= 15 is 0 Å². The van der Waals surface area contributed by atoms with Crippen molar-refractivity contribution in [3.63, 3.8) is 0 Å². The summed E-state index contributed by atoms with van der Waals surface area (Å²) in [6.07, 6.45) is 0.674. The summed E-state index contributed by atoms with van der Waals surface area (Å²) in [6, 6.07) is 16.6. The average Bonchev–Trinajstić information content (AvgIpc) is 2.60. The van der Waals surface area contributed by atoms with Gasteiger partial charge in [0.05, 0.1) is 5.71 Å². The molecule has 0 atom stereocenters. The van der Waals surface area contributed by atoms with Crippen LogP contribution in [0.4, 0.5) is 0 Å². The summed E-state index contributed by atoms with van der Waals surface area (Å²) in [7, 11) is 4.07. The highest BCUT2D eigenvalue weighted by Crippen LogP contribution is 2.23. The van der Waals surface area contributed by atoms with Crippen molar-refractivity contribution in [2.75, 3.05) is 27.2 Å². The van der Waals surface area contributed by atoms with Gasteiger partial charge < -0.3 is 14.8 Å². The fourth-order valence-electron chi connectivity index (χ4n) is 2.47. The van der Waals surface area contributed by atoms with E-state index < -0.39 is 0 Å². The van der Waals surface area contributed by atoms with Gasteiger partial charge in [-0.15, -0.1) is 0 Å². The van der Waals surface area contributed by atoms with Crippen LogP contribution in [-0.2, 0) is 6.42 Å². The molecule has 0 aliphatic rings. The van der Waals surface area contributed by atoms with Gasteiger partial charge in [-0.2, -0.15) is 0 Å². The van der Waals surface area contributed by atoms with E-state index in [9.17, 15) is 0 Å². The van der Waals surface area contributed by atoms with E-state index in [0.717, 1.165) is 34.7 Å². The van der Waals surface area contributed by atoms with Crippen molar-refractivity contribution in [3.8, 4) is 16.9 Å². The van der Waals surface area contributed by atoms with Crippen molar-refractivity contribution in [3.05, 3.63) is 54.1 Å². The SMILES string of the molecule is CC(C)/C(Cc1ccc(-c2ccc(OCCN(C)C)cc2)cc1)=N\O. The highest BCUT2D eigenvalue weighted by molar-refractivity contribution is 5.87. The lowest BCUT2D eigenvalue weighted by atomic mass is 9.98. The Kier molecular flexibility index (Phi) is 7.02. The van der Waals surface area contributed by atoms with E-state index in [1.807, 2.05) is 40.1 Å². The number of rotatable bonds is 8. The molecule has 2 aromatic carbocycles. The van der Waals surface area contributed by atoms with Gasteiger partial charge in [-0.3, -0.25) is 0 Å². The Labute approximate surface area is 150 Å². The summed E-state index contributed by atoms with van der Waals surface area (Å²) in [6.45, 7) is 5.65. The van der Waals surface area contributed by atoms with Crippen molar-refractivity contribution >= 4 is 5.71 Å². The van der Waals surface area contributed by atoms with Crippen LogP contribution in [0, 0.1) is 5.92 Å². The fraction of sp³-hybridized carbons (Fsp3) is 0.381. The first-order valence-corrected chi connectivity index (χ1v) is 8.67. The minimum atomic E-state index is 0.240. The molecule has 0 heterocycles. The van der Waals surface area contributed by atoms with Gasteiger partial charge in [0.2, 0.25) is 0 Å². The van der Waals surface area contributed by atoms with E-state index in [4.69, 9.17) is 9.94 Å². The lowest BCUT2D eigenvalue weighted by Crippen LogP contribution is -2.19. The molecule has 0 aliphatic carbocycles. The van der Waals surface area contributed by atoms with Crippen LogP contribution < -0.4 is 4.74 Å². The molecule has 0 amide bonds. The maximum absolute atomic E-state index is 9.08. The third-order valence-electron chi connectivity index (χ3n) is 4.13. The number of oxime groups is 1. The molecule has 0 saturated heterocycles. The minimum absolute atomic E-state index is 0.240. The molecule has 0 radical (unpaired) electrons. The van der Waals surface area contributed by atoms with Crippen LogP contribution in [0.3, 0.4) is 0 Å². The largest absolute Gasteiger partial charge is 0.492 e. The van der Waals surface area contributed by atoms with Crippen molar-refractivity contribution in [2.24, 2.45) is 11.1 Å². The molecular formula is C21H28N2O2. The summed E-state index contributed by atoms with van der Waals surface area (Å²) >= 11 is 0. The topological polar surface area (TPSA) is 45.1 Å². The molecule has 0 aliphatic heterocycles. The van der Waals surface area contributed by atoms with Gasteiger partial charge in [0.15, 0.2) is 0 Å². The van der Waals surface area contributed by atoms with Crippen LogP contribution in [0.1, 0.15) is 19.4 Å². The van der Waals surface area contributed by atoms with Crippen molar-refractivity contribution in [2.45, 2.75) is 20.3 Å². The summed E-state index contributed by atoms with van der Waals surface area (Å²) in [4.78, 5) is 2.10. The number of nitrogens with zero attached hydrogens (tertiary/aromatic N) is 2. The van der Waals surface area contributed by atoms with E-state index in [1.165, 1.54) is 0 Å². The number of likely N-dealkylation sites (N-methyl/N-ethyl adjacent to an activating group) is 1. The second kappa shape index (κ2) is 9.23.